The summed E-state index contributed by atoms with van der Waals surface area (Å²) >= 11 is 7.44. The van der Waals surface area contributed by atoms with E-state index in [1.54, 1.807) is 36.5 Å². The molecular formula is C47H56ClFN8O10S. The second-order valence-electron chi connectivity index (χ2n) is 16.5. The van der Waals surface area contributed by atoms with Crippen LogP contribution in [0.3, 0.4) is 0 Å². The van der Waals surface area contributed by atoms with E-state index in [4.69, 9.17) is 40.3 Å². The molecule has 1 saturated carbocycles. The van der Waals surface area contributed by atoms with E-state index in [-0.39, 0.29) is 66.4 Å². The van der Waals surface area contributed by atoms with Crippen LogP contribution in [0, 0.1) is 11.2 Å². The number of hydrogen-bond acceptors (Lipinski definition) is 15. The SMILES string of the molecule is O=C1CCC(N2Cc3c(NC(=O)CNCCOCCOCCOCCOCCNC(=O)[C@]4(Cc5cccc(Nc6nccs6)n5)CC[C@@H](Oc5cccc(Cl)c5F)CC4)cccc3C2=O)C(=O)N1. The van der Waals surface area contributed by atoms with Crippen molar-refractivity contribution in [2.24, 2.45) is 5.41 Å². The van der Waals surface area contributed by atoms with Crippen LogP contribution in [0.15, 0.2) is 66.2 Å². The first kappa shape index (κ1) is 50.3. The Labute approximate surface area is 402 Å². The van der Waals surface area contributed by atoms with Crippen molar-refractivity contribution < 1.29 is 52.0 Å². The van der Waals surface area contributed by atoms with Gasteiger partial charge in [0.1, 0.15) is 11.9 Å². The average molecular weight is 980 g/mol. The number of nitrogens with zero attached hydrogens (tertiary/aromatic N) is 3. The minimum atomic E-state index is -0.758. The number of halogens is 2. The molecular weight excluding hydrogens is 923 g/mol. The number of nitrogens with one attached hydrogen (secondary N) is 5. The number of thiazole rings is 1. The molecule has 21 heteroatoms. The number of imide groups is 1. The molecule has 2 fully saturated rings. The number of hydrogen-bond donors (Lipinski definition) is 5. The molecule has 5 amide bonds. The maximum Gasteiger partial charge on any atom is 0.255 e. The van der Waals surface area contributed by atoms with Crippen molar-refractivity contribution in [2.45, 2.75) is 63.6 Å². The number of pyridine rings is 1. The first-order chi connectivity index (χ1) is 33.1. The van der Waals surface area contributed by atoms with E-state index in [2.05, 4.69) is 31.6 Å². The third-order valence-electron chi connectivity index (χ3n) is 11.8. The Morgan fingerprint density at radius 3 is 2.31 bits per heavy atom. The molecule has 2 aliphatic heterocycles. The molecule has 2 aromatic carbocycles. The summed E-state index contributed by atoms with van der Waals surface area (Å²) < 4.78 is 43.1. The van der Waals surface area contributed by atoms with E-state index >= 15 is 0 Å². The lowest BCUT2D eigenvalue weighted by molar-refractivity contribution is -0.137. The highest BCUT2D eigenvalue weighted by Gasteiger charge is 2.43. The van der Waals surface area contributed by atoms with Gasteiger partial charge in [-0.15, -0.1) is 11.3 Å². The van der Waals surface area contributed by atoms with Crippen molar-refractivity contribution in [2.75, 3.05) is 83.1 Å². The molecule has 18 nitrogen and oxygen atoms in total. The first-order valence-corrected chi connectivity index (χ1v) is 23.9. The van der Waals surface area contributed by atoms with Gasteiger partial charge in [-0.05, 0) is 68.5 Å². The van der Waals surface area contributed by atoms with Crippen LogP contribution in [0.1, 0.15) is 60.1 Å². The molecule has 4 aromatic rings. The Morgan fingerprint density at radius 1 is 0.882 bits per heavy atom. The zero-order valence-corrected chi connectivity index (χ0v) is 39.1. The average Bonchev–Trinajstić information content (AvgIpc) is 3.97. The van der Waals surface area contributed by atoms with Gasteiger partial charge in [-0.25, -0.2) is 14.4 Å². The highest BCUT2D eigenvalue weighted by molar-refractivity contribution is 7.13. The minimum absolute atomic E-state index is 0.00355. The number of ether oxygens (including phenoxy) is 5. The maximum atomic E-state index is 14.6. The van der Waals surface area contributed by atoms with Gasteiger partial charge >= 0.3 is 0 Å². The quantitative estimate of drug-likeness (QED) is 0.0422. The standard InChI is InChI=1S/C47H56ClFN8O10S/c48-35-6-3-8-38(42(35)49)67-32-12-14-47(15-13-32,28-31-4-1-9-39(53-31)55-46-52-18-27-68-46)45(62)51-17-20-64-22-24-66-26-25-65-23-21-63-19-16-50-29-41(59)54-36-7-2-5-33-34(36)30-57(44(33)61)37-10-11-40(58)56-43(37)60/h1-9,18,27,32,37,50H,10-17,19-26,28-30H2,(H,51,62)(H,54,59)(H,52,53,55)(H,56,58,60)/t32-,37?,47-. The second kappa shape index (κ2) is 25.1. The van der Waals surface area contributed by atoms with Crippen molar-refractivity contribution in [3.8, 4) is 5.75 Å². The maximum absolute atomic E-state index is 14.6. The summed E-state index contributed by atoms with van der Waals surface area (Å²) in [5, 5.41) is 17.0. The molecule has 0 bridgehead atoms. The predicted octanol–water partition coefficient (Wildman–Crippen LogP) is 4.80. The van der Waals surface area contributed by atoms with Crippen molar-refractivity contribution >= 4 is 69.1 Å². The Hall–Kier alpha value is -5.61. The van der Waals surface area contributed by atoms with Gasteiger partial charge in [0.15, 0.2) is 16.7 Å². The smallest absolute Gasteiger partial charge is 0.255 e. The second-order valence-corrected chi connectivity index (χ2v) is 17.8. The number of anilines is 3. The summed E-state index contributed by atoms with van der Waals surface area (Å²) in [6.07, 6.45) is 4.39. The van der Waals surface area contributed by atoms with Gasteiger partial charge in [0, 0.05) is 66.6 Å². The van der Waals surface area contributed by atoms with Crippen LogP contribution >= 0.6 is 22.9 Å². The summed E-state index contributed by atoms with van der Waals surface area (Å²) in [6.45, 7) is 3.77. The number of aromatic nitrogens is 2. The monoisotopic (exact) mass is 978 g/mol. The Balaban J connectivity index is 0.720. The lowest BCUT2D eigenvalue weighted by atomic mass is 9.69. The number of carbonyl (C=O) groups is 5. The number of fused-ring (bicyclic) bond motifs is 1. The van der Waals surface area contributed by atoms with Crippen molar-refractivity contribution in [1.29, 1.82) is 0 Å². The molecule has 4 heterocycles. The van der Waals surface area contributed by atoms with E-state index < -0.39 is 23.2 Å². The number of benzene rings is 2. The van der Waals surface area contributed by atoms with Gasteiger partial charge in [0.25, 0.3) is 5.91 Å². The summed E-state index contributed by atoms with van der Waals surface area (Å²) in [5.74, 6) is -1.39. The molecule has 2 aromatic heterocycles. The number of amides is 5. The Kier molecular flexibility index (Phi) is 18.6. The third kappa shape index (κ3) is 14.0. The Bertz CT molecular complexity index is 2360. The molecule has 1 aliphatic carbocycles. The minimum Gasteiger partial charge on any atom is -0.487 e. The van der Waals surface area contributed by atoms with Crippen LogP contribution in [-0.2, 0) is 51.1 Å². The lowest BCUT2D eigenvalue weighted by Crippen LogP contribution is -2.52. The number of piperidine rings is 1. The molecule has 5 N–H and O–H groups in total. The molecule has 0 spiro atoms. The van der Waals surface area contributed by atoms with Crippen molar-refractivity contribution in [3.63, 3.8) is 0 Å². The molecule has 1 saturated heterocycles. The summed E-state index contributed by atoms with van der Waals surface area (Å²) in [6, 6.07) is 14.7. The van der Waals surface area contributed by atoms with Crippen LogP contribution in [-0.4, -0.2) is 129 Å². The molecule has 3 aliphatic rings. The van der Waals surface area contributed by atoms with Gasteiger partial charge in [-0.3, -0.25) is 29.3 Å². The van der Waals surface area contributed by atoms with Gasteiger partial charge in [0.2, 0.25) is 23.6 Å². The van der Waals surface area contributed by atoms with Crippen LogP contribution < -0.4 is 31.3 Å². The molecule has 68 heavy (non-hydrogen) atoms. The van der Waals surface area contributed by atoms with Crippen LogP contribution in [0.25, 0.3) is 0 Å². The fraction of sp³-hybridized carbons (Fsp3) is 0.468. The molecule has 0 radical (unpaired) electrons. The van der Waals surface area contributed by atoms with E-state index in [9.17, 15) is 28.4 Å². The van der Waals surface area contributed by atoms with E-state index in [0.29, 0.717) is 121 Å². The van der Waals surface area contributed by atoms with E-state index in [1.165, 1.54) is 22.3 Å². The van der Waals surface area contributed by atoms with Gasteiger partial charge < -0.3 is 49.9 Å². The molecule has 7 rings (SSSR count). The van der Waals surface area contributed by atoms with Crippen molar-refractivity contribution in [1.82, 2.24) is 30.8 Å². The summed E-state index contributed by atoms with van der Waals surface area (Å²) in [5.41, 5.74) is 1.56. The Morgan fingerprint density at radius 2 is 1.59 bits per heavy atom. The predicted molar refractivity (Wildman–Crippen MR) is 250 cm³/mol. The molecule has 1 unspecified atom stereocenters. The summed E-state index contributed by atoms with van der Waals surface area (Å²) in [7, 11) is 0. The fourth-order valence-electron chi connectivity index (χ4n) is 8.32. The van der Waals surface area contributed by atoms with Gasteiger partial charge in [-0.2, -0.15) is 0 Å². The van der Waals surface area contributed by atoms with Gasteiger partial charge in [-0.1, -0.05) is 29.8 Å². The topological polar surface area (TPSA) is 221 Å². The first-order valence-electron chi connectivity index (χ1n) is 22.7. The zero-order valence-electron chi connectivity index (χ0n) is 37.5. The van der Waals surface area contributed by atoms with E-state index in [0.717, 1.165) is 10.8 Å². The zero-order chi connectivity index (χ0) is 47.7. The highest BCUT2D eigenvalue weighted by atomic mass is 35.5. The fourth-order valence-corrected chi connectivity index (χ4v) is 9.02. The van der Waals surface area contributed by atoms with Crippen LogP contribution in [0.4, 0.5) is 21.0 Å². The summed E-state index contributed by atoms with van der Waals surface area (Å²) in [4.78, 5) is 74.1. The normalized spacial score (nSPS) is 19.1. The van der Waals surface area contributed by atoms with Crippen molar-refractivity contribution in [3.05, 3.63) is 93.8 Å². The number of carbonyl (C=O) groups excluding carboxylic acids is 5. The molecule has 1 atom stereocenters. The van der Waals surface area contributed by atoms with Gasteiger partial charge in [0.05, 0.1) is 75.9 Å². The third-order valence-corrected chi connectivity index (χ3v) is 12.8. The number of rotatable bonds is 26. The van der Waals surface area contributed by atoms with Crippen LogP contribution in [0.5, 0.6) is 5.75 Å². The molecule has 364 valence electrons. The van der Waals surface area contributed by atoms with Crippen LogP contribution in [0.2, 0.25) is 5.02 Å². The highest BCUT2D eigenvalue weighted by Crippen LogP contribution is 2.41. The largest absolute Gasteiger partial charge is 0.487 e. The lowest BCUT2D eigenvalue weighted by Gasteiger charge is -2.39. The van der Waals surface area contributed by atoms with E-state index in [1.807, 2.05) is 23.6 Å².